The van der Waals surface area contributed by atoms with Gasteiger partial charge in [0.15, 0.2) is 5.78 Å². The van der Waals surface area contributed by atoms with Crippen LogP contribution >= 0.6 is 0 Å². The zero-order chi connectivity index (χ0) is 26.3. The van der Waals surface area contributed by atoms with E-state index in [2.05, 4.69) is 17.0 Å². The first-order valence-corrected chi connectivity index (χ1v) is 14.3. The first kappa shape index (κ1) is 26.8. The summed E-state index contributed by atoms with van der Waals surface area (Å²) in [6.45, 7) is 3.09. The molecule has 0 spiro atoms. The number of benzene rings is 1. The number of carbonyl (C=O) groups excluding carboxylic acids is 1. The smallest absolute Gasteiger partial charge is 0.307 e. The lowest BCUT2D eigenvalue weighted by Crippen LogP contribution is -2.37. The van der Waals surface area contributed by atoms with Crippen LogP contribution in [0.1, 0.15) is 72.3 Å². The van der Waals surface area contributed by atoms with Crippen LogP contribution in [0.5, 0.6) is 0 Å². The fourth-order valence-electron chi connectivity index (χ4n) is 5.98. The van der Waals surface area contributed by atoms with Crippen molar-refractivity contribution in [2.24, 2.45) is 11.8 Å². The van der Waals surface area contributed by atoms with Crippen molar-refractivity contribution in [3.8, 4) is 0 Å². The van der Waals surface area contributed by atoms with E-state index in [0.29, 0.717) is 37.7 Å². The number of ketones is 1. The third-order valence-corrected chi connectivity index (χ3v) is 8.39. The Morgan fingerprint density at radius 3 is 2.68 bits per heavy atom. The Hall–Kier alpha value is -2.77. The summed E-state index contributed by atoms with van der Waals surface area (Å²) in [5.74, 6) is -1.16. The van der Waals surface area contributed by atoms with Crippen LogP contribution in [0.2, 0.25) is 0 Å². The molecule has 0 amide bonds. The van der Waals surface area contributed by atoms with E-state index in [-0.39, 0.29) is 18.3 Å². The Morgan fingerprint density at radius 2 is 1.87 bits per heavy atom. The molecule has 1 N–H and O–H groups in total. The summed E-state index contributed by atoms with van der Waals surface area (Å²) >= 11 is 0. The van der Waals surface area contributed by atoms with Gasteiger partial charge in [-0.25, -0.2) is 0 Å². The van der Waals surface area contributed by atoms with Crippen LogP contribution < -0.4 is 4.90 Å². The molecule has 38 heavy (non-hydrogen) atoms. The van der Waals surface area contributed by atoms with Crippen LogP contribution in [0, 0.1) is 11.8 Å². The zero-order valence-electron chi connectivity index (χ0n) is 22.3. The number of pyridine rings is 1. The van der Waals surface area contributed by atoms with Gasteiger partial charge in [0.05, 0.1) is 25.2 Å². The zero-order valence-corrected chi connectivity index (χ0v) is 22.3. The molecule has 3 aliphatic rings. The van der Waals surface area contributed by atoms with Gasteiger partial charge in [0.1, 0.15) is 0 Å². The van der Waals surface area contributed by atoms with Crippen molar-refractivity contribution in [3.63, 3.8) is 0 Å². The normalized spacial score (nSPS) is 21.8. The highest BCUT2D eigenvalue weighted by Gasteiger charge is 2.31. The van der Waals surface area contributed by atoms with E-state index < -0.39 is 11.9 Å². The minimum atomic E-state index is -0.935. The van der Waals surface area contributed by atoms with Crippen molar-refractivity contribution in [3.05, 3.63) is 58.9 Å². The lowest BCUT2D eigenvalue weighted by atomic mass is 9.79. The number of Topliss-reactive ketones (excluding diaryl/α,β-unsaturated/α-hetero) is 1. The van der Waals surface area contributed by atoms with Crippen molar-refractivity contribution in [1.82, 2.24) is 4.98 Å². The largest absolute Gasteiger partial charge is 0.481 e. The predicted molar refractivity (Wildman–Crippen MR) is 146 cm³/mol. The van der Waals surface area contributed by atoms with Gasteiger partial charge in [-0.2, -0.15) is 0 Å². The van der Waals surface area contributed by atoms with E-state index in [1.165, 1.54) is 36.2 Å². The van der Waals surface area contributed by atoms with Gasteiger partial charge in [0.2, 0.25) is 0 Å². The maximum atomic E-state index is 13.1. The van der Waals surface area contributed by atoms with Gasteiger partial charge in [-0.1, -0.05) is 18.2 Å². The minimum absolute atomic E-state index is 0.0128. The third kappa shape index (κ3) is 6.80. The van der Waals surface area contributed by atoms with Gasteiger partial charge >= 0.3 is 5.97 Å². The standard InChI is InChI=1S/C31H40N2O5/c34-30(27-6-2-4-8-29(27)33-14-17-37-18-15-33)21-24(31(35)36)13-16-38-26-19-22(20-26)9-11-25-12-10-23-5-1-3-7-28(23)32-25/h2,4,6,8,10,12,22,24,26H,1,3,5,7,9,11,13-21H2,(H,35,36). The van der Waals surface area contributed by atoms with E-state index in [1.54, 1.807) is 6.07 Å². The molecular weight excluding hydrogens is 480 g/mol. The number of anilines is 1. The maximum absolute atomic E-state index is 13.1. The first-order valence-electron chi connectivity index (χ1n) is 14.3. The second kappa shape index (κ2) is 12.9. The molecule has 7 heteroatoms. The number of rotatable bonds is 12. The number of aliphatic carboxylic acids is 1. The fourth-order valence-corrected chi connectivity index (χ4v) is 5.98. The summed E-state index contributed by atoms with van der Waals surface area (Å²) in [5.41, 5.74) is 5.41. The molecule has 0 radical (unpaired) electrons. The van der Waals surface area contributed by atoms with Crippen molar-refractivity contribution >= 4 is 17.4 Å². The molecule has 2 aliphatic carbocycles. The van der Waals surface area contributed by atoms with Gasteiger partial charge in [-0.15, -0.1) is 0 Å². The van der Waals surface area contributed by atoms with E-state index >= 15 is 0 Å². The lowest BCUT2D eigenvalue weighted by Gasteiger charge is -2.35. The molecule has 1 aromatic heterocycles. The van der Waals surface area contributed by atoms with Crippen molar-refractivity contribution in [1.29, 1.82) is 0 Å². The van der Waals surface area contributed by atoms with Crippen molar-refractivity contribution in [2.45, 2.75) is 70.3 Å². The predicted octanol–water partition coefficient (Wildman–Crippen LogP) is 4.89. The molecule has 7 nitrogen and oxygen atoms in total. The van der Waals surface area contributed by atoms with E-state index in [1.807, 2.05) is 18.2 Å². The Bertz CT molecular complexity index is 1110. The Balaban J connectivity index is 1.04. The van der Waals surface area contributed by atoms with E-state index in [9.17, 15) is 14.7 Å². The molecule has 2 heterocycles. The molecule has 1 atom stereocenters. The molecule has 1 unspecified atom stereocenters. The number of aromatic nitrogens is 1. The van der Waals surface area contributed by atoms with Crippen LogP contribution in [0.15, 0.2) is 36.4 Å². The van der Waals surface area contributed by atoms with Gasteiger partial charge in [0.25, 0.3) is 0 Å². The highest BCUT2D eigenvalue weighted by molar-refractivity contribution is 6.02. The summed E-state index contributed by atoms with van der Waals surface area (Å²) < 4.78 is 11.4. The summed E-state index contributed by atoms with van der Waals surface area (Å²) in [5, 5.41) is 9.78. The van der Waals surface area contributed by atoms with Crippen molar-refractivity contribution < 1.29 is 24.2 Å². The number of hydrogen-bond donors (Lipinski definition) is 1. The molecule has 0 bridgehead atoms. The van der Waals surface area contributed by atoms with Gasteiger partial charge in [-0.3, -0.25) is 14.6 Å². The van der Waals surface area contributed by atoms with Gasteiger partial charge in [-0.05, 0) is 87.5 Å². The molecule has 2 fully saturated rings. The number of fused-ring (bicyclic) bond motifs is 1. The Kier molecular flexibility index (Phi) is 9.07. The minimum Gasteiger partial charge on any atom is -0.481 e. The highest BCUT2D eigenvalue weighted by Crippen LogP contribution is 2.34. The molecule has 204 valence electrons. The second-order valence-electron chi connectivity index (χ2n) is 11.1. The summed E-state index contributed by atoms with van der Waals surface area (Å²) in [6.07, 6.45) is 9.54. The van der Waals surface area contributed by atoms with Crippen LogP contribution in [0.25, 0.3) is 0 Å². The highest BCUT2D eigenvalue weighted by atomic mass is 16.5. The number of carboxylic acids is 1. The molecule has 1 saturated heterocycles. The van der Waals surface area contributed by atoms with Crippen LogP contribution in [-0.2, 0) is 33.5 Å². The van der Waals surface area contributed by atoms with Crippen molar-refractivity contribution in [2.75, 3.05) is 37.8 Å². The summed E-state index contributed by atoms with van der Waals surface area (Å²) in [7, 11) is 0. The Labute approximate surface area is 225 Å². The SMILES string of the molecule is O=C(CC(CCOC1CC(CCc2ccc3c(n2)CCCC3)C1)C(=O)O)c1ccccc1N1CCOCC1. The van der Waals surface area contributed by atoms with Gasteiger partial charge in [0, 0.05) is 48.8 Å². The van der Waals surface area contributed by atoms with Crippen LogP contribution in [0.3, 0.4) is 0 Å². The number of hydrogen-bond acceptors (Lipinski definition) is 6. The number of ether oxygens (including phenoxy) is 2. The monoisotopic (exact) mass is 520 g/mol. The molecule has 5 rings (SSSR count). The summed E-state index contributed by atoms with van der Waals surface area (Å²) in [4.78, 5) is 32.1. The van der Waals surface area contributed by atoms with E-state index in [0.717, 1.165) is 50.9 Å². The topological polar surface area (TPSA) is 89.0 Å². The Morgan fingerprint density at radius 1 is 1.08 bits per heavy atom. The first-order chi connectivity index (χ1) is 18.6. The summed E-state index contributed by atoms with van der Waals surface area (Å²) in [6, 6.07) is 12.0. The average molecular weight is 521 g/mol. The second-order valence-corrected chi connectivity index (χ2v) is 11.1. The number of para-hydroxylation sites is 1. The van der Waals surface area contributed by atoms with Crippen LogP contribution in [0.4, 0.5) is 5.69 Å². The van der Waals surface area contributed by atoms with Gasteiger partial charge < -0.3 is 19.5 Å². The number of carbonyl (C=O) groups is 2. The number of nitrogens with zero attached hydrogens (tertiary/aromatic N) is 2. The maximum Gasteiger partial charge on any atom is 0.307 e. The average Bonchev–Trinajstić information content (AvgIpc) is 2.93. The number of aryl methyl sites for hydroxylation is 3. The molecule has 1 aromatic carbocycles. The molecule has 1 aliphatic heterocycles. The number of morpholine rings is 1. The third-order valence-electron chi connectivity index (χ3n) is 8.39. The molecule has 2 aromatic rings. The molecular formula is C31H40N2O5. The number of carboxylic acid groups (broad SMARTS) is 1. The quantitative estimate of drug-likeness (QED) is 0.399. The van der Waals surface area contributed by atoms with E-state index in [4.69, 9.17) is 14.5 Å². The fraction of sp³-hybridized carbons (Fsp3) is 0.581. The lowest BCUT2D eigenvalue weighted by molar-refractivity contribution is -0.142. The van der Waals surface area contributed by atoms with Crippen LogP contribution in [-0.4, -0.2) is 60.9 Å². The molecule has 1 saturated carbocycles.